The molecule has 0 amide bonds. The zero-order valence-electron chi connectivity index (χ0n) is 15.3. The molecule has 0 aliphatic carbocycles. The number of halogens is 1. The molecule has 3 aromatic heterocycles. The number of hydrogen-bond acceptors (Lipinski definition) is 4. The third-order valence-electron chi connectivity index (χ3n) is 4.54. The molecule has 5 nitrogen and oxygen atoms in total. The van der Waals surface area contributed by atoms with Crippen LogP contribution in [-0.4, -0.2) is 40.3 Å². The van der Waals surface area contributed by atoms with Gasteiger partial charge >= 0.3 is 0 Å². The molecule has 4 aromatic rings. The van der Waals surface area contributed by atoms with E-state index < -0.39 is 6.67 Å². The number of nitrogens with zero attached hydrogens (tertiary/aromatic N) is 5. The first-order valence-corrected chi connectivity index (χ1v) is 8.78. The van der Waals surface area contributed by atoms with Gasteiger partial charge in [0, 0.05) is 37.6 Å². The van der Waals surface area contributed by atoms with Gasteiger partial charge < -0.3 is 9.47 Å². The zero-order valence-corrected chi connectivity index (χ0v) is 15.3. The van der Waals surface area contributed by atoms with E-state index in [0.29, 0.717) is 0 Å². The first-order valence-electron chi connectivity index (χ1n) is 8.78. The lowest BCUT2D eigenvalue weighted by Gasteiger charge is -2.11. The number of aryl methyl sites for hydroxylation is 1. The molecule has 27 heavy (non-hydrogen) atoms. The number of hydrogen-bond donors (Lipinski definition) is 0. The lowest BCUT2D eigenvalue weighted by molar-refractivity contribution is 0.451. The first-order chi connectivity index (χ1) is 13.2. The molecule has 4 rings (SSSR count). The summed E-state index contributed by atoms with van der Waals surface area (Å²) in [5.41, 5.74) is 4.74. The molecular formula is C21H20FN5. The van der Waals surface area contributed by atoms with Gasteiger partial charge in [-0.3, -0.25) is 4.98 Å². The number of anilines is 1. The van der Waals surface area contributed by atoms with Gasteiger partial charge in [-0.2, -0.15) is 0 Å². The summed E-state index contributed by atoms with van der Waals surface area (Å²) in [5.74, 6) is 1.67. The first kappa shape index (κ1) is 17.1. The molecule has 0 atom stereocenters. The van der Waals surface area contributed by atoms with Crippen molar-refractivity contribution >= 4 is 16.9 Å². The van der Waals surface area contributed by atoms with E-state index >= 15 is 0 Å². The standard InChI is InChI=1S/C21H20FN5/c1-26(2)20-8-7-17(13-24-20)15-3-5-16(6-4-15)21-25-18-9-11-23-14-19(18)27(21)12-10-22/h3-9,11,13-14H,10,12H2,1-2H3. The number of aromatic nitrogens is 4. The summed E-state index contributed by atoms with van der Waals surface area (Å²) in [6.45, 7) is -0.190. The number of alkyl halides is 1. The highest BCUT2D eigenvalue weighted by atomic mass is 19.1. The second kappa shape index (κ2) is 7.15. The molecule has 0 N–H and O–H groups in total. The van der Waals surface area contributed by atoms with Gasteiger partial charge in [0.15, 0.2) is 0 Å². The largest absolute Gasteiger partial charge is 0.363 e. The second-order valence-corrected chi connectivity index (χ2v) is 6.52. The molecule has 1 aromatic carbocycles. The van der Waals surface area contributed by atoms with E-state index in [4.69, 9.17) is 0 Å². The van der Waals surface area contributed by atoms with E-state index in [-0.39, 0.29) is 6.54 Å². The fraction of sp³-hybridized carbons (Fsp3) is 0.190. The Labute approximate surface area is 157 Å². The number of pyridine rings is 2. The van der Waals surface area contributed by atoms with E-state index in [1.54, 1.807) is 12.4 Å². The Morgan fingerprint density at radius 2 is 1.67 bits per heavy atom. The predicted molar refractivity (Wildman–Crippen MR) is 106 cm³/mol. The summed E-state index contributed by atoms with van der Waals surface area (Å²) in [6.07, 6.45) is 5.30. The monoisotopic (exact) mass is 361 g/mol. The van der Waals surface area contributed by atoms with Crippen LogP contribution < -0.4 is 4.90 Å². The maximum atomic E-state index is 13.1. The maximum absolute atomic E-state index is 13.1. The quantitative estimate of drug-likeness (QED) is 0.535. The second-order valence-electron chi connectivity index (χ2n) is 6.52. The van der Waals surface area contributed by atoms with Gasteiger partial charge in [0.25, 0.3) is 0 Å². The van der Waals surface area contributed by atoms with Crippen molar-refractivity contribution in [3.8, 4) is 22.5 Å². The molecule has 0 saturated carbocycles. The maximum Gasteiger partial charge on any atom is 0.141 e. The van der Waals surface area contributed by atoms with Crippen LogP contribution in [-0.2, 0) is 6.54 Å². The van der Waals surface area contributed by atoms with Gasteiger partial charge in [-0.05, 0) is 23.8 Å². The van der Waals surface area contributed by atoms with Crippen molar-refractivity contribution < 1.29 is 4.39 Å². The van der Waals surface area contributed by atoms with Gasteiger partial charge in [0.2, 0.25) is 0 Å². The Balaban J connectivity index is 1.70. The Kier molecular flexibility index (Phi) is 4.54. The Bertz CT molecular complexity index is 1050. The van der Waals surface area contributed by atoms with Gasteiger partial charge in [-0.25, -0.2) is 14.4 Å². The minimum Gasteiger partial charge on any atom is -0.363 e. The molecule has 0 aliphatic rings. The Morgan fingerprint density at radius 3 is 2.33 bits per heavy atom. The zero-order chi connectivity index (χ0) is 18.8. The van der Waals surface area contributed by atoms with Crippen LogP contribution in [0.25, 0.3) is 33.5 Å². The summed E-state index contributed by atoms with van der Waals surface area (Å²) in [4.78, 5) is 15.2. The summed E-state index contributed by atoms with van der Waals surface area (Å²) >= 11 is 0. The normalized spacial score (nSPS) is 11.1. The molecular weight excluding hydrogens is 341 g/mol. The molecule has 136 valence electrons. The molecule has 0 fully saturated rings. The van der Waals surface area contributed by atoms with Crippen LogP contribution in [0, 0.1) is 0 Å². The molecule has 0 unspecified atom stereocenters. The van der Waals surface area contributed by atoms with E-state index in [9.17, 15) is 4.39 Å². The average molecular weight is 361 g/mol. The highest BCUT2D eigenvalue weighted by molar-refractivity contribution is 5.80. The van der Waals surface area contributed by atoms with Crippen molar-refractivity contribution in [3.05, 3.63) is 61.1 Å². The number of imidazole rings is 1. The fourth-order valence-electron chi connectivity index (χ4n) is 3.13. The lowest BCUT2D eigenvalue weighted by atomic mass is 10.1. The van der Waals surface area contributed by atoms with Crippen LogP contribution in [0.15, 0.2) is 61.1 Å². The van der Waals surface area contributed by atoms with Crippen molar-refractivity contribution in [1.29, 1.82) is 0 Å². The summed E-state index contributed by atoms with van der Waals surface area (Å²) in [5, 5.41) is 0. The Hall–Kier alpha value is -3.28. The van der Waals surface area contributed by atoms with E-state index in [0.717, 1.165) is 39.4 Å². The van der Waals surface area contributed by atoms with Crippen molar-refractivity contribution in [2.24, 2.45) is 0 Å². The van der Waals surface area contributed by atoms with Crippen LogP contribution in [0.1, 0.15) is 0 Å². The SMILES string of the molecule is CN(C)c1ccc(-c2ccc(-c3nc4ccncc4n3CCF)cc2)cn1. The van der Waals surface area contributed by atoms with Crippen molar-refractivity contribution in [3.63, 3.8) is 0 Å². The average Bonchev–Trinajstić information content (AvgIpc) is 3.07. The number of fused-ring (bicyclic) bond motifs is 1. The fourth-order valence-corrected chi connectivity index (χ4v) is 3.13. The number of rotatable bonds is 5. The molecule has 3 heterocycles. The number of benzene rings is 1. The van der Waals surface area contributed by atoms with Crippen LogP contribution in [0.3, 0.4) is 0 Å². The lowest BCUT2D eigenvalue weighted by Crippen LogP contribution is -2.09. The highest BCUT2D eigenvalue weighted by Crippen LogP contribution is 2.27. The Morgan fingerprint density at radius 1 is 0.926 bits per heavy atom. The smallest absolute Gasteiger partial charge is 0.141 e. The third-order valence-corrected chi connectivity index (χ3v) is 4.54. The van der Waals surface area contributed by atoms with Crippen LogP contribution in [0.5, 0.6) is 0 Å². The van der Waals surface area contributed by atoms with Gasteiger partial charge in [0.1, 0.15) is 18.3 Å². The molecule has 0 saturated heterocycles. The minimum absolute atomic E-state index is 0.259. The van der Waals surface area contributed by atoms with Crippen LogP contribution in [0.4, 0.5) is 10.2 Å². The molecule has 0 aliphatic heterocycles. The van der Waals surface area contributed by atoms with Gasteiger partial charge in [-0.1, -0.05) is 24.3 Å². The summed E-state index contributed by atoms with van der Waals surface area (Å²) in [7, 11) is 3.94. The molecule has 6 heteroatoms. The van der Waals surface area contributed by atoms with E-state index in [1.807, 2.05) is 66.2 Å². The van der Waals surface area contributed by atoms with Crippen molar-refractivity contribution in [1.82, 2.24) is 19.5 Å². The minimum atomic E-state index is -0.449. The van der Waals surface area contributed by atoms with Crippen LogP contribution in [0.2, 0.25) is 0 Å². The summed E-state index contributed by atoms with van der Waals surface area (Å²) in [6, 6.07) is 14.0. The summed E-state index contributed by atoms with van der Waals surface area (Å²) < 4.78 is 15.0. The van der Waals surface area contributed by atoms with Crippen LogP contribution >= 0.6 is 0 Å². The van der Waals surface area contributed by atoms with E-state index in [1.165, 1.54) is 0 Å². The van der Waals surface area contributed by atoms with Gasteiger partial charge in [-0.15, -0.1) is 0 Å². The van der Waals surface area contributed by atoms with E-state index in [2.05, 4.69) is 21.0 Å². The van der Waals surface area contributed by atoms with Gasteiger partial charge in [0.05, 0.1) is 23.8 Å². The highest BCUT2D eigenvalue weighted by Gasteiger charge is 2.12. The predicted octanol–water partition coefficient (Wildman–Crippen LogP) is 4.20. The molecule has 0 radical (unpaired) electrons. The molecule has 0 bridgehead atoms. The molecule has 0 spiro atoms. The topological polar surface area (TPSA) is 46.8 Å². The van der Waals surface area contributed by atoms with Crippen molar-refractivity contribution in [2.75, 3.05) is 25.7 Å². The third kappa shape index (κ3) is 3.26. The van der Waals surface area contributed by atoms with Crippen molar-refractivity contribution in [2.45, 2.75) is 6.54 Å².